The van der Waals surface area contributed by atoms with Crippen LogP contribution in [0.3, 0.4) is 0 Å². The van der Waals surface area contributed by atoms with E-state index in [4.69, 9.17) is 26.3 Å². The lowest BCUT2D eigenvalue weighted by molar-refractivity contribution is 0.342. The second-order valence-electron chi connectivity index (χ2n) is 5.95. The van der Waals surface area contributed by atoms with Crippen molar-refractivity contribution in [1.29, 1.82) is 0 Å². The topological polar surface area (TPSA) is 47.0 Å². The van der Waals surface area contributed by atoms with Gasteiger partial charge in [-0.3, -0.25) is 0 Å². The molecule has 0 spiro atoms. The van der Waals surface area contributed by atoms with Crippen molar-refractivity contribution in [2.75, 3.05) is 11.9 Å². The van der Waals surface area contributed by atoms with Crippen molar-refractivity contribution in [3.05, 3.63) is 77.8 Å². The van der Waals surface area contributed by atoms with E-state index in [-0.39, 0.29) is 12.4 Å². The lowest BCUT2D eigenvalue weighted by Gasteiger charge is -2.14. The number of rotatable bonds is 5. The van der Waals surface area contributed by atoms with Crippen LogP contribution < -0.4 is 10.1 Å². The third-order valence-corrected chi connectivity index (χ3v) is 4.49. The van der Waals surface area contributed by atoms with Gasteiger partial charge in [-0.1, -0.05) is 48.0 Å². The molecule has 4 rings (SSSR count). The number of halogens is 2. The summed E-state index contributed by atoms with van der Waals surface area (Å²) < 4.78 is 5.73. The van der Waals surface area contributed by atoms with E-state index in [1.165, 1.54) is 0 Å². The molecule has 0 unspecified atom stereocenters. The first kappa shape index (κ1) is 19.9. The highest BCUT2D eigenvalue weighted by Crippen LogP contribution is 2.33. The maximum atomic E-state index is 6.37. The van der Waals surface area contributed by atoms with Crippen molar-refractivity contribution in [2.24, 2.45) is 0 Å². The predicted molar refractivity (Wildman–Crippen MR) is 118 cm³/mol. The van der Waals surface area contributed by atoms with Gasteiger partial charge in [-0.15, -0.1) is 12.4 Å². The van der Waals surface area contributed by atoms with Gasteiger partial charge >= 0.3 is 0 Å². The van der Waals surface area contributed by atoms with Crippen LogP contribution in [-0.4, -0.2) is 16.6 Å². The van der Waals surface area contributed by atoms with Crippen LogP contribution in [0, 0.1) is 0 Å². The van der Waals surface area contributed by atoms with Crippen LogP contribution in [0.2, 0.25) is 5.02 Å². The van der Waals surface area contributed by atoms with E-state index < -0.39 is 0 Å². The summed E-state index contributed by atoms with van der Waals surface area (Å²) in [5.41, 5.74) is 2.50. The number of anilines is 2. The van der Waals surface area contributed by atoms with Crippen LogP contribution in [0.1, 0.15) is 6.92 Å². The standard InChI is InChI=1S/C22H18ClN3O.ClH/c1-2-27-20-14-8-7-13-19(20)25-22-16-10-4-6-12-18(16)24-21(26-22)15-9-3-5-11-17(15)23;/h3-14H,2H2,1H3,(H,24,25,26);1H. The molecular weight excluding hydrogens is 393 g/mol. The van der Waals surface area contributed by atoms with Crippen LogP contribution in [0.25, 0.3) is 22.3 Å². The number of aromatic nitrogens is 2. The van der Waals surface area contributed by atoms with Gasteiger partial charge < -0.3 is 10.1 Å². The fourth-order valence-corrected chi connectivity index (χ4v) is 3.13. The van der Waals surface area contributed by atoms with Crippen LogP contribution >= 0.6 is 24.0 Å². The summed E-state index contributed by atoms with van der Waals surface area (Å²) >= 11 is 6.37. The normalized spacial score (nSPS) is 10.4. The highest BCUT2D eigenvalue weighted by atomic mass is 35.5. The zero-order valence-electron chi connectivity index (χ0n) is 15.2. The number of hydrogen-bond donors (Lipinski definition) is 1. The molecule has 0 aliphatic rings. The van der Waals surface area contributed by atoms with Crippen LogP contribution in [0.15, 0.2) is 72.8 Å². The van der Waals surface area contributed by atoms with Gasteiger partial charge in [0.05, 0.1) is 22.8 Å². The van der Waals surface area contributed by atoms with Gasteiger partial charge in [-0.05, 0) is 43.3 Å². The zero-order valence-corrected chi connectivity index (χ0v) is 16.8. The Kier molecular flexibility index (Phi) is 6.34. The summed E-state index contributed by atoms with van der Waals surface area (Å²) in [5, 5.41) is 4.96. The Morgan fingerprint density at radius 2 is 1.61 bits per heavy atom. The smallest absolute Gasteiger partial charge is 0.163 e. The Hall–Kier alpha value is -2.82. The highest BCUT2D eigenvalue weighted by Gasteiger charge is 2.13. The summed E-state index contributed by atoms with van der Waals surface area (Å²) in [6.07, 6.45) is 0. The third-order valence-electron chi connectivity index (χ3n) is 4.16. The molecule has 0 radical (unpaired) electrons. The van der Waals surface area contributed by atoms with E-state index in [9.17, 15) is 0 Å². The molecular formula is C22H19Cl2N3O. The lowest BCUT2D eigenvalue weighted by Crippen LogP contribution is -2.02. The molecule has 1 heterocycles. The molecule has 4 aromatic rings. The van der Waals surface area contributed by atoms with Crippen LogP contribution in [-0.2, 0) is 0 Å². The molecule has 4 nitrogen and oxygen atoms in total. The minimum atomic E-state index is 0. The van der Waals surface area contributed by atoms with Crippen molar-refractivity contribution in [2.45, 2.75) is 6.92 Å². The number of para-hydroxylation sites is 3. The minimum Gasteiger partial charge on any atom is -0.492 e. The SMILES string of the molecule is CCOc1ccccc1Nc1nc(-c2ccccc2Cl)nc2ccccc12.Cl. The van der Waals surface area contributed by atoms with Gasteiger partial charge in [0.25, 0.3) is 0 Å². The van der Waals surface area contributed by atoms with Gasteiger partial charge in [0.15, 0.2) is 5.82 Å². The molecule has 1 aromatic heterocycles. The Balaban J connectivity index is 0.00000225. The Labute approximate surface area is 175 Å². The highest BCUT2D eigenvalue weighted by molar-refractivity contribution is 6.33. The van der Waals surface area contributed by atoms with Crippen molar-refractivity contribution < 1.29 is 4.74 Å². The predicted octanol–water partition coefficient (Wildman–Crippen LogP) is 6.51. The Morgan fingerprint density at radius 1 is 0.893 bits per heavy atom. The van der Waals surface area contributed by atoms with Crippen molar-refractivity contribution in [1.82, 2.24) is 9.97 Å². The number of hydrogen-bond acceptors (Lipinski definition) is 4. The molecule has 0 bridgehead atoms. The first-order valence-electron chi connectivity index (χ1n) is 8.77. The average Bonchev–Trinajstić information content (AvgIpc) is 2.70. The van der Waals surface area contributed by atoms with E-state index in [1.54, 1.807) is 0 Å². The second kappa shape index (κ2) is 8.91. The van der Waals surface area contributed by atoms with Gasteiger partial charge in [0.1, 0.15) is 11.6 Å². The van der Waals surface area contributed by atoms with E-state index >= 15 is 0 Å². The summed E-state index contributed by atoms with van der Waals surface area (Å²) in [6, 6.07) is 23.3. The van der Waals surface area contributed by atoms with E-state index in [2.05, 4.69) is 5.32 Å². The quantitative estimate of drug-likeness (QED) is 0.406. The molecule has 142 valence electrons. The average molecular weight is 412 g/mol. The summed E-state index contributed by atoms with van der Waals surface area (Å²) in [6.45, 7) is 2.56. The molecule has 28 heavy (non-hydrogen) atoms. The molecule has 0 saturated carbocycles. The number of nitrogens with one attached hydrogen (secondary N) is 1. The second-order valence-corrected chi connectivity index (χ2v) is 6.35. The van der Waals surface area contributed by atoms with Crippen molar-refractivity contribution >= 4 is 46.4 Å². The molecule has 6 heteroatoms. The number of fused-ring (bicyclic) bond motifs is 1. The van der Waals surface area contributed by atoms with Crippen molar-refractivity contribution in [3.63, 3.8) is 0 Å². The van der Waals surface area contributed by atoms with E-state index in [0.717, 1.165) is 27.9 Å². The molecule has 0 fully saturated rings. The number of ether oxygens (including phenoxy) is 1. The maximum Gasteiger partial charge on any atom is 0.163 e. The maximum absolute atomic E-state index is 6.37. The summed E-state index contributed by atoms with van der Waals surface area (Å²) in [5.74, 6) is 2.07. The van der Waals surface area contributed by atoms with E-state index in [1.807, 2.05) is 79.7 Å². The monoisotopic (exact) mass is 411 g/mol. The Bertz CT molecular complexity index is 1100. The van der Waals surface area contributed by atoms with Gasteiger partial charge in [-0.2, -0.15) is 0 Å². The minimum absolute atomic E-state index is 0. The first-order chi connectivity index (χ1) is 13.3. The summed E-state index contributed by atoms with van der Waals surface area (Å²) in [7, 11) is 0. The molecule has 1 N–H and O–H groups in total. The lowest BCUT2D eigenvalue weighted by atomic mass is 10.1. The fraction of sp³-hybridized carbons (Fsp3) is 0.0909. The van der Waals surface area contributed by atoms with Gasteiger partial charge in [0, 0.05) is 10.9 Å². The molecule has 0 aliphatic heterocycles. The largest absolute Gasteiger partial charge is 0.492 e. The molecule has 3 aromatic carbocycles. The molecule has 0 amide bonds. The molecule has 0 saturated heterocycles. The Morgan fingerprint density at radius 3 is 2.43 bits per heavy atom. The number of benzene rings is 3. The first-order valence-corrected chi connectivity index (χ1v) is 9.14. The van der Waals surface area contributed by atoms with E-state index in [0.29, 0.717) is 23.3 Å². The molecule has 0 aliphatic carbocycles. The van der Waals surface area contributed by atoms with Gasteiger partial charge in [-0.25, -0.2) is 9.97 Å². The van der Waals surface area contributed by atoms with Crippen molar-refractivity contribution in [3.8, 4) is 17.1 Å². The van der Waals surface area contributed by atoms with Gasteiger partial charge in [0.2, 0.25) is 0 Å². The molecule has 0 atom stereocenters. The zero-order chi connectivity index (χ0) is 18.6. The van der Waals surface area contributed by atoms with Crippen LogP contribution in [0.4, 0.5) is 11.5 Å². The summed E-state index contributed by atoms with van der Waals surface area (Å²) in [4.78, 5) is 9.47. The third kappa shape index (κ3) is 4.03. The fourth-order valence-electron chi connectivity index (χ4n) is 2.91. The number of nitrogens with zero attached hydrogens (tertiary/aromatic N) is 2. The van der Waals surface area contributed by atoms with Crippen LogP contribution in [0.5, 0.6) is 5.75 Å².